The molecule has 0 aromatic heterocycles. The molecule has 0 atom stereocenters. The number of sulfonamides is 1. The summed E-state index contributed by atoms with van der Waals surface area (Å²) in [7, 11) is -3.65. The number of hydrogen-bond donors (Lipinski definition) is 2. The van der Waals surface area contributed by atoms with Crippen molar-refractivity contribution in [2.24, 2.45) is 4.40 Å². The molecule has 1 aromatic carbocycles. The first-order valence-electron chi connectivity index (χ1n) is 5.15. The highest BCUT2D eigenvalue weighted by Crippen LogP contribution is 2.12. The molecule has 1 aliphatic heterocycles. The Morgan fingerprint density at radius 1 is 1.24 bits per heavy atom. The van der Waals surface area contributed by atoms with E-state index in [1.807, 2.05) is 13.0 Å². The van der Waals surface area contributed by atoms with Gasteiger partial charge in [-0.25, -0.2) is 0 Å². The molecule has 1 heterocycles. The van der Waals surface area contributed by atoms with Gasteiger partial charge in [0.15, 0.2) is 0 Å². The minimum Gasteiger partial charge on any atom is -0.352 e. The Morgan fingerprint density at radius 2 is 1.94 bits per heavy atom. The minimum absolute atomic E-state index is 0.189. The highest BCUT2D eigenvalue weighted by Gasteiger charge is 2.14. The summed E-state index contributed by atoms with van der Waals surface area (Å²) in [5, 5.41) is 5.56. The fraction of sp³-hybridized carbons (Fsp3) is 0.182. The highest BCUT2D eigenvalue weighted by molar-refractivity contribution is 7.90. The molecule has 90 valence electrons. The summed E-state index contributed by atoms with van der Waals surface area (Å²) in [6.07, 6.45) is 3.48. The van der Waals surface area contributed by atoms with Crippen LogP contribution in [0.5, 0.6) is 0 Å². The lowest BCUT2D eigenvalue weighted by Crippen LogP contribution is -2.38. The molecule has 0 amide bonds. The third kappa shape index (κ3) is 2.85. The van der Waals surface area contributed by atoms with E-state index < -0.39 is 10.0 Å². The third-order valence-corrected chi connectivity index (χ3v) is 3.55. The number of nitrogens with zero attached hydrogens (tertiary/aromatic N) is 1. The van der Waals surface area contributed by atoms with Crippen molar-refractivity contribution >= 4 is 16.0 Å². The Kier molecular flexibility index (Phi) is 3.14. The molecule has 0 radical (unpaired) electrons. The summed E-state index contributed by atoms with van der Waals surface area (Å²) in [5.74, 6) is 0.244. The van der Waals surface area contributed by atoms with Crippen LogP contribution in [-0.4, -0.2) is 20.9 Å². The Balaban J connectivity index is 2.30. The fourth-order valence-corrected chi connectivity index (χ4v) is 2.29. The normalized spacial score (nSPS) is 17.6. The molecule has 1 aromatic rings. The second kappa shape index (κ2) is 4.58. The van der Waals surface area contributed by atoms with E-state index in [1.54, 1.807) is 30.5 Å². The zero-order chi connectivity index (χ0) is 12.3. The molecule has 0 unspecified atom stereocenters. The number of guanidine groups is 1. The highest BCUT2D eigenvalue weighted by atomic mass is 32.2. The predicted molar refractivity (Wildman–Crippen MR) is 66.1 cm³/mol. The van der Waals surface area contributed by atoms with Gasteiger partial charge in [-0.15, -0.1) is 4.40 Å². The molecule has 2 rings (SSSR count). The van der Waals surface area contributed by atoms with Crippen molar-refractivity contribution < 1.29 is 8.42 Å². The number of hydrogen-bond acceptors (Lipinski definition) is 2. The van der Waals surface area contributed by atoms with Gasteiger partial charge in [0.05, 0.1) is 4.90 Å². The van der Waals surface area contributed by atoms with Crippen LogP contribution in [0.3, 0.4) is 0 Å². The quantitative estimate of drug-likeness (QED) is 0.813. The van der Waals surface area contributed by atoms with E-state index in [2.05, 4.69) is 15.0 Å². The van der Waals surface area contributed by atoms with Crippen LogP contribution in [0.2, 0.25) is 0 Å². The molecule has 1 aliphatic rings. The zero-order valence-corrected chi connectivity index (χ0v) is 10.2. The lowest BCUT2D eigenvalue weighted by Gasteiger charge is -2.11. The van der Waals surface area contributed by atoms with E-state index in [0.717, 1.165) is 5.56 Å². The van der Waals surface area contributed by atoms with Crippen molar-refractivity contribution in [2.75, 3.05) is 6.54 Å². The molecule has 0 aliphatic carbocycles. The summed E-state index contributed by atoms with van der Waals surface area (Å²) >= 11 is 0. The summed E-state index contributed by atoms with van der Waals surface area (Å²) in [6, 6.07) is 6.59. The van der Waals surface area contributed by atoms with Gasteiger partial charge < -0.3 is 10.6 Å². The largest absolute Gasteiger partial charge is 0.352 e. The number of benzene rings is 1. The number of rotatable bonds is 2. The first kappa shape index (κ1) is 11.7. The average molecular weight is 251 g/mol. The van der Waals surface area contributed by atoms with Gasteiger partial charge in [0.25, 0.3) is 10.0 Å². The topological polar surface area (TPSA) is 70.6 Å². The van der Waals surface area contributed by atoms with E-state index in [-0.39, 0.29) is 10.9 Å². The van der Waals surface area contributed by atoms with Crippen LogP contribution < -0.4 is 10.6 Å². The molecule has 0 bridgehead atoms. The Morgan fingerprint density at radius 3 is 2.53 bits per heavy atom. The summed E-state index contributed by atoms with van der Waals surface area (Å²) < 4.78 is 27.5. The van der Waals surface area contributed by atoms with Gasteiger partial charge in [-0.1, -0.05) is 17.7 Å². The second-order valence-corrected chi connectivity index (χ2v) is 5.26. The number of nitrogens with one attached hydrogen (secondary N) is 2. The maximum absolute atomic E-state index is 11.9. The van der Waals surface area contributed by atoms with E-state index in [1.165, 1.54) is 0 Å². The van der Waals surface area contributed by atoms with E-state index in [0.29, 0.717) is 6.54 Å². The average Bonchev–Trinajstić information content (AvgIpc) is 2.30. The van der Waals surface area contributed by atoms with Gasteiger partial charge >= 0.3 is 0 Å². The lowest BCUT2D eigenvalue weighted by molar-refractivity contribution is 0.597. The number of aryl methyl sites for hydroxylation is 1. The Labute approximate surface area is 100 Å². The molecule has 17 heavy (non-hydrogen) atoms. The molecular formula is C11H13N3O2S. The SMILES string of the molecule is Cc1ccc(S(=O)(=O)N=C2NC=CCN2)cc1. The van der Waals surface area contributed by atoms with Crippen molar-refractivity contribution in [3.05, 3.63) is 42.1 Å². The van der Waals surface area contributed by atoms with E-state index >= 15 is 0 Å². The Hall–Kier alpha value is -1.82. The van der Waals surface area contributed by atoms with Crippen LogP contribution in [0.25, 0.3) is 0 Å². The van der Waals surface area contributed by atoms with Gasteiger partial charge in [-0.2, -0.15) is 8.42 Å². The Bertz CT molecular complexity index is 559. The monoisotopic (exact) mass is 251 g/mol. The summed E-state index contributed by atoms with van der Waals surface area (Å²) in [6.45, 7) is 2.46. The van der Waals surface area contributed by atoms with Gasteiger partial charge in [-0.05, 0) is 25.1 Å². The van der Waals surface area contributed by atoms with Crippen LogP contribution >= 0.6 is 0 Å². The van der Waals surface area contributed by atoms with Crippen LogP contribution in [0.15, 0.2) is 45.8 Å². The standard InChI is InChI=1S/C11H13N3O2S/c1-9-3-5-10(6-4-9)17(15,16)14-11-12-7-2-8-13-11/h2-7H,8H2,1H3,(H2,12,13,14). The fourth-order valence-electron chi connectivity index (χ4n) is 1.35. The van der Waals surface area contributed by atoms with Crippen molar-refractivity contribution in [2.45, 2.75) is 11.8 Å². The van der Waals surface area contributed by atoms with Gasteiger partial charge in [-0.3, -0.25) is 0 Å². The smallest absolute Gasteiger partial charge is 0.285 e. The maximum Gasteiger partial charge on any atom is 0.285 e. The van der Waals surface area contributed by atoms with Gasteiger partial charge in [0, 0.05) is 12.7 Å². The van der Waals surface area contributed by atoms with Crippen molar-refractivity contribution in [1.29, 1.82) is 0 Å². The molecule has 6 heteroatoms. The van der Waals surface area contributed by atoms with Crippen LogP contribution in [0.4, 0.5) is 0 Å². The molecular weight excluding hydrogens is 238 g/mol. The van der Waals surface area contributed by atoms with Crippen LogP contribution in [-0.2, 0) is 10.0 Å². The molecule has 0 saturated carbocycles. The summed E-state index contributed by atoms with van der Waals surface area (Å²) in [5.41, 5.74) is 1.01. The molecule has 0 fully saturated rings. The zero-order valence-electron chi connectivity index (χ0n) is 9.34. The first-order valence-corrected chi connectivity index (χ1v) is 6.59. The lowest BCUT2D eigenvalue weighted by atomic mass is 10.2. The van der Waals surface area contributed by atoms with Crippen molar-refractivity contribution in [1.82, 2.24) is 10.6 Å². The third-order valence-electron chi connectivity index (χ3n) is 2.26. The first-order chi connectivity index (χ1) is 8.08. The van der Waals surface area contributed by atoms with E-state index in [4.69, 9.17) is 0 Å². The molecule has 5 nitrogen and oxygen atoms in total. The van der Waals surface area contributed by atoms with Gasteiger partial charge in [0.2, 0.25) is 5.96 Å². The molecule has 0 saturated heterocycles. The maximum atomic E-state index is 11.9. The van der Waals surface area contributed by atoms with Crippen molar-refractivity contribution in [3.63, 3.8) is 0 Å². The summed E-state index contributed by atoms with van der Waals surface area (Å²) in [4.78, 5) is 0.189. The van der Waals surface area contributed by atoms with Gasteiger partial charge in [0.1, 0.15) is 0 Å². The van der Waals surface area contributed by atoms with Crippen LogP contribution in [0.1, 0.15) is 5.56 Å². The minimum atomic E-state index is -3.65. The van der Waals surface area contributed by atoms with E-state index in [9.17, 15) is 8.42 Å². The van der Waals surface area contributed by atoms with Crippen LogP contribution in [0, 0.1) is 6.92 Å². The molecule has 0 spiro atoms. The second-order valence-electron chi connectivity index (χ2n) is 3.66. The molecule has 2 N–H and O–H groups in total. The van der Waals surface area contributed by atoms with Crippen molar-refractivity contribution in [3.8, 4) is 0 Å². The predicted octanol–water partition coefficient (Wildman–Crippen LogP) is 0.746.